The Hall–Kier alpha value is -3.51. The van der Waals surface area contributed by atoms with Crippen molar-refractivity contribution >= 4 is 11.8 Å². The molecule has 0 spiro atoms. The second-order valence-corrected chi connectivity index (χ2v) is 10.5. The van der Waals surface area contributed by atoms with Crippen LogP contribution in [0.25, 0.3) is 11.1 Å². The average molecular weight is 546 g/mol. The summed E-state index contributed by atoms with van der Waals surface area (Å²) in [6, 6.07) is 24.3. The van der Waals surface area contributed by atoms with Crippen LogP contribution >= 0.6 is 0 Å². The monoisotopic (exact) mass is 545 g/mol. The summed E-state index contributed by atoms with van der Waals surface area (Å²) in [7, 11) is 1.98. The summed E-state index contributed by atoms with van der Waals surface area (Å²) in [6.45, 7) is 7.27. The molecule has 40 heavy (non-hydrogen) atoms. The first kappa shape index (κ1) is 31.0. The highest BCUT2D eigenvalue weighted by atomic mass is 19.1. The summed E-state index contributed by atoms with van der Waals surface area (Å²) in [6.07, 6.45) is 5.98. The Labute approximate surface area is 239 Å². The Kier molecular flexibility index (Phi) is 12.8. The molecule has 1 heterocycles. The number of carbonyl (C=O) groups is 2. The van der Waals surface area contributed by atoms with E-state index in [4.69, 9.17) is 0 Å². The van der Waals surface area contributed by atoms with Gasteiger partial charge in [-0.15, -0.1) is 0 Å². The van der Waals surface area contributed by atoms with E-state index in [2.05, 4.69) is 24.5 Å². The number of carbonyl (C=O) groups excluding carboxylic acids is 2. The van der Waals surface area contributed by atoms with Gasteiger partial charge in [0.1, 0.15) is 5.82 Å². The highest BCUT2D eigenvalue weighted by molar-refractivity contribution is 5.96. The lowest BCUT2D eigenvalue weighted by atomic mass is 10.0. The van der Waals surface area contributed by atoms with Gasteiger partial charge in [-0.2, -0.15) is 0 Å². The van der Waals surface area contributed by atoms with Gasteiger partial charge in [0, 0.05) is 18.7 Å². The molecule has 2 atom stereocenters. The van der Waals surface area contributed by atoms with Gasteiger partial charge in [0.15, 0.2) is 0 Å². The molecule has 0 radical (unpaired) electrons. The van der Waals surface area contributed by atoms with Crippen LogP contribution in [-0.2, 0) is 4.79 Å². The van der Waals surface area contributed by atoms with Crippen LogP contribution in [-0.4, -0.2) is 49.9 Å². The molecule has 2 N–H and O–H groups in total. The van der Waals surface area contributed by atoms with E-state index in [0.717, 1.165) is 49.5 Å². The van der Waals surface area contributed by atoms with Crippen molar-refractivity contribution in [3.05, 3.63) is 95.8 Å². The highest BCUT2D eigenvalue weighted by Gasteiger charge is 2.33. The molecule has 3 aromatic carbocycles. The fraction of sp³-hybridized carbons (Fsp3) is 0.412. The molecule has 1 saturated carbocycles. The Morgan fingerprint density at radius 2 is 1.50 bits per heavy atom. The van der Waals surface area contributed by atoms with Gasteiger partial charge >= 0.3 is 0 Å². The highest BCUT2D eigenvalue weighted by Crippen LogP contribution is 2.46. The first-order valence-electron chi connectivity index (χ1n) is 14.5. The molecular formula is C34H44FN3O2. The molecule has 2 aliphatic rings. The third-order valence-corrected chi connectivity index (χ3v) is 7.30. The van der Waals surface area contributed by atoms with Gasteiger partial charge in [-0.3, -0.25) is 9.59 Å². The lowest BCUT2D eigenvalue weighted by Crippen LogP contribution is -2.38. The average Bonchev–Trinajstić information content (AvgIpc) is 3.46. The zero-order chi connectivity index (χ0) is 28.7. The molecule has 2 amide bonds. The number of benzene rings is 3. The minimum Gasteiger partial charge on any atom is -0.343 e. The van der Waals surface area contributed by atoms with Crippen molar-refractivity contribution < 1.29 is 14.0 Å². The molecule has 5 rings (SSSR count). The maximum atomic E-state index is 12.5. The van der Waals surface area contributed by atoms with Crippen LogP contribution in [0, 0.1) is 11.7 Å². The predicted molar refractivity (Wildman–Crippen MR) is 162 cm³/mol. The quantitative estimate of drug-likeness (QED) is 0.311. The number of likely N-dealkylation sites (tertiary alicyclic amines) is 1. The fourth-order valence-electron chi connectivity index (χ4n) is 4.63. The third kappa shape index (κ3) is 10.2. The van der Waals surface area contributed by atoms with E-state index >= 15 is 0 Å². The minimum atomic E-state index is -0.211. The Morgan fingerprint density at radius 3 is 2.02 bits per heavy atom. The number of rotatable bonds is 8. The number of halogens is 1. The summed E-state index contributed by atoms with van der Waals surface area (Å²) in [4.78, 5) is 25.9. The first-order valence-corrected chi connectivity index (χ1v) is 14.5. The van der Waals surface area contributed by atoms with Crippen LogP contribution < -0.4 is 10.6 Å². The van der Waals surface area contributed by atoms with Crippen LogP contribution in [0.3, 0.4) is 0 Å². The summed E-state index contributed by atoms with van der Waals surface area (Å²) in [5.74, 6) is 1.16. The minimum absolute atomic E-state index is 0.00300. The second-order valence-electron chi connectivity index (χ2n) is 10.5. The number of nitrogens with one attached hydrogen (secondary N) is 2. The van der Waals surface area contributed by atoms with Gasteiger partial charge in [0.25, 0.3) is 5.91 Å². The van der Waals surface area contributed by atoms with Gasteiger partial charge in [0.2, 0.25) is 5.91 Å². The van der Waals surface area contributed by atoms with E-state index in [1.54, 1.807) is 29.2 Å². The van der Waals surface area contributed by atoms with E-state index in [0.29, 0.717) is 11.5 Å². The molecule has 2 fully saturated rings. The van der Waals surface area contributed by atoms with Crippen LogP contribution in [0.15, 0.2) is 78.9 Å². The number of hydrogen-bond acceptors (Lipinski definition) is 3. The van der Waals surface area contributed by atoms with Gasteiger partial charge < -0.3 is 15.5 Å². The number of unbranched alkanes of at least 4 members (excludes halogenated alkanes) is 1. The summed E-state index contributed by atoms with van der Waals surface area (Å²) in [5.41, 5.74) is 4.04. The maximum absolute atomic E-state index is 12.5. The second kappa shape index (κ2) is 16.6. The molecule has 0 bridgehead atoms. The van der Waals surface area contributed by atoms with E-state index in [-0.39, 0.29) is 24.2 Å². The van der Waals surface area contributed by atoms with Crippen LogP contribution in [0.5, 0.6) is 0 Å². The molecule has 0 aromatic heterocycles. The zero-order valence-electron chi connectivity index (χ0n) is 24.2. The maximum Gasteiger partial charge on any atom is 0.251 e. The molecule has 1 aliphatic heterocycles. The zero-order valence-corrected chi connectivity index (χ0v) is 24.2. The third-order valence-electron chi connectivity index (χ3n) is 7.30. The molecule has 1 saturated heterocycles. The van der Waals surface area contributed by atoms with E-state index in [9.17, 15) is 14.0 Å². The van der Waals surface area contributed by atoms with E-state index < -0.39 is 0 Å². The van der Waals surface area contributed by atoms with Crippen LogP contribution in [0.1, 0.15) is 67.8 Å². The number of hydrogen-bond donors (Lipinski definition) is 2. The van der Waals surface area contributed by atoms with Gasteiger partial charge in [-0.05, 0) is 92.1 Å². The Morgan fingerprint density at radius 1 is 0.900 bits per heavy atom. The molecule has 6 heteroatoms. The lowest BCUT2D eigenvalue weighted by Gasteiger charge is -2.15. The molecule has 2 unspecified atom stereocenters. The van der Waals surface area contributed by atoms with Gasteiger partial charge in [0.05, 0.1) is 6.54 Å². The molecule has 5 nitrogen and oxygen atoms in total. The summed E-state index contributed by atoms with van der Waals surface area (Å²) >= 11 is 0. The van der Waals surface area contributed by atoms with Crippen molar-refractivity contribution in [1.29, 1.82) is 0 Å². The van der Waals surface area contributed by atoms with Gasteiger partial charge in [-0.25, -0.2) is 4.39 Å². The van der Waals surface area contributed by atoms with Crippen molar-refractivity contribution in [3.8, 4) is 11.1 Å². The Balaban J connectivity index is 0.000000213. The lowest BCUT2D eigenvalue weighted by molar-refractivity contribution is -0.129. The summed E-state index contributed by atoms with van der Waals surface area (Å²) < 4.78 is 12.5. The Bertz CT molecular complexity index is 1160. The van der Waals surface area contributed by atoms with E-state index in [1.807, 2.05) is 61.6 Å². The number of nitrogens with zero attached hydrogens (tertiary/aromatic N) is 1. The van der Waals surface area contributed by atoms with Crippen molar-refractivity contribution in [2.45, 2.75) is 51.9 Å². The largest absolute Gasteiger partial charge is 0.343 e. The van der Waals surface area contributed by atoms with Crippen LogP contribution in [0.4, 0.5) is 4.39 Å². The smallest absolute Gasteiger partial charge is 0.251 e. The molecule has 3 aromatic rings. The van der Waals surface area contributed by atoms with Gasteiger partial charge in [-0.1, -0.05) is 74.9 Å². The SMILES string of the molecule is CC1CC1c1ccc(F)cc1.CCCCNC.O=C(NCC(=O)N1CCCC1)c1ccc(-c2ccccc2)cc1. The van der Waals surface area contributed by atoms with Crippen LogP contribution in [0.2, 0.25) is 0 Å². The predicted octanol–water partition coefficient (Wildman–Crippen LogP) is 6.66. The van der Waals surface area contributed by atoms with Crippen molar-refractivity contribution in [1.82, 2.24) is 15.5 Å². The van der Waals surface area contributed by atoms with E-state index in [1.165, 1.54) is 24.8 Å². The topological polar surface area (TPSA) is 61.4 Å². The molecular weight excluding hydrogens is 501 g/mol. The standard InChI is InChI=1S/C19H20N2O2.C10H11F.C5H13N/c22-18(21-12-4-5-13-21)14-20-19(23)17-10-8-16(9-11-17)15-6-2-1-3-7-15;1-7-6-10(7)8-2-4-9(11)5-3-8;1-3-4-5-6-2/h1-3,6-11H,4-5,12-14H2,(H,20,23);2-5,7,10H,6H2,1H3;6H,3-5H2,1-2H3. The first-order chi connectivity index (χ1) is 19.4. The fourth-order valence-corrected chi connectivity index (χ4v) is 4.63. The summed E-state index contributed by atoms with van der Waals surface area (Å²) in [5, 5.41) is 5.77. The molecule has 1 aliphatic carbocycles. The van der Waals surface area contributed by atoms with Crippen molar-refractivity contribution in [2.75, 3.05) is 33.2 Å². The van der Waals surface area contributed by atoms with Crippen molar-refractivity contribution in [3.63, 3.8) is 0 Å². The number of amides is 2. The normalized spacial score (nSPS) is 17.1. The van der Waals surface area contributed by atoms with Crippen molar-refractivity contribution in [2.24, 2.45) is 5.92 Å². The molecule has 214 valence electrons.